The van der Waals surface area contributed by atoms with Crippen LogP contribution in [0.2, 0.25) is 0 Å². The summed E-state index contributed by atoms with van der Waals surface area (Å²) in [6.07, 6.45) is 8.60. The highest BCUT2D eigenvalue weighted by molar-refractivity contribution is 4.97. The van der Waals surface area contributed by atoms with E-state index in [-0.39, 0.29) is 0 Å². The van der Waals surface area contributed by atoms with Gasteiger partial charge in [0.1, 0.15) is 0 Å². The molecule has 1 aliphatic carbocycles. The van der Waals surface area contributed by atoms with Crippen molar-refractivity contribution in [2.45, 2.75) is 65.4 Å². The van der Waals surface area contributed by atoms with Gasteiger partial charge in [-0.1, -0.05) is 20.8 Å². The molecule has 0 aromatic heterocycles. The molecule has 18 heavy (non-hydrogen) atoms. The van der Waals surface area contributed by atoms with Gasteiger partial charge in [-0.3, -0.25) is 0 Å². The fourth-order valence-corrected chi connectivity index (χ4v) is 3.47. The smallest absolute Gasteiger partial charge is 0.0585 e. The molecule has 0 aromatic rings. The summed E-state index contributed by atoms with van der Waals surface area (Å²) in [5, 5.41) is 0. The SMILES string of the molecule is CCCN1CCC2(CC1)CC(OCCC(C)C)C2. The summed E-state index contributed by atoms with van der Waals surface area (Å²) >= 11 is 0. The summed E-state index contributed by atoms with van der Waals surface area (Å²) in [5.74, 6) is 0.774. The standard InChI is InChI=1S/C16H31NO/c1-4-8-17-9-6-16(7-10-17)12-15(13-16)18-11-5-14(2)3/h14-15H,4-13H2,1-3H3. The third-order valence-corrected chi connectivity index (χ3v) is 4.83. The van der Waals surface area contributed by atoms with E-state index in [0.717, 1.165) is 12.5 Å². The zero-order valence-corrected chi connectivity index (χ0v) is 12.6. The molecule has 0 N–H and O–H groups in total. The molecule has 2 aliphatic rings. The van der Waals surface area contributed by atoms with E-state index < -0.39 is 0 Å². The molecule has 1 saturated carbocycles. The molecule has 0 amide bonds. The van der Waals surface area contributed by atoms with Gasteiger partial charge in [-0.25, -0.2) is 0 Å². The van der Waals surface area contributed by atoms with E-state index in [1.54, 1.807) is 0 Å². The van der Waals surface area contributed by atoms with Gasteiger partial charge < -0.3 is 9.64 Å². The first-order valence-corrected chi connectivity index (χ1v) is 7.97. The Hall–Kier alpha value is -0.0800. The third-order valence-electron chi connectivity index (χ3n) is 4.83. The molecular weight excluding hydrogens is 222 g/mol. The Morgan fingerprint density at radius 2 is 1.89 bits per heavy atom. The molecule has 0 unspecified atom stereocenters. The number of ether oxygens (including phenoxy) is 1. The number of rotatable bonds is 6. The van der Waals surface area contributed by atoms with E-state index in [2.05, 4.69) is 25.7 Å². The van der Waals surface area contributed by atoms with Crippen molar-refractivity contribution < 1.29 is 4.74 Å². The van der Waals surface area contributed by atoms with Crippen LogP contribution in [0.4, 0.5) is 0 Å². The summed E-state index contributed by atoms with van der Waals surface area (Å²) in [6.45, 7) is 11.8. The zero-order chi connectivity index (χ0) is 13.0. The van der Waals surface area contributed by atoms with Crippen molar-refractivity contribution in [1.82, 2.24) is 4.90 Å². The van der Waals surface area contributed by atoms with Crippen LogP contribution < -0.4 is 0 Å². The van der Waals surface area contributed by atoms with Crippen molar-refractivity contribution in [3.05, 3.63) is 0 Å². The first-order valence-electron chi connectivity index (χ1n) is 7.97. The van der Waals surface area contributed by atoms with Crippen LogP contribution in [0, 0.1) is 11.3 Å². The third kappa shape index (κ3) is 3.71. The largest absolute Gasteiger partial charge is 0.378 e. The molecular formula is C16H31NO. The van der Waals surface area contributed by atoms with E-state index in [9.17, 15) is 0 Å². The molecule has 0 bridgehead atoms. The van der Waals surface area contributed by atoms with Gasteiger partial charge in [-0.05, 0) is 69.5 Å². The molecule has 1 spiro atoms. The number of piperidine rings is 1. The molecule has 1 saturated heterocycles. The van der Waals surface area contributed by atoms with Gasteiger partial charge >= 0.3 is 0 Å². The minimum atomic E-state index is 0.585. The summed E-state index contributed by atoms with van der Waals surface area (Å²) in [6, 6.07) is 0. The number of hydrogen-bond acceptors (Lipinski definition) is 2. The molecule has 2 nitrogen and oxygen atoms in total. The highest BCUT2D eigenvalue weighted by Gasteiger charge is 2.46. The van der Waals surface area contributed by atoms with E-state index in [1.165, 1.54) is 58.2 Å². The molecule has 0 atom stereocenters. The Labute approximate surface area is 113 Å². The lowest BCUT2D eigenvalue weighted by Crippen LogP contribution is -2.50. The second kappa shape index (κ2) is 6.38. The van der Waals surface area contributed by atoms with Crippen LogP contribution in [-0.2, 0) is 4.74 Å². The maximum atomic E-state index is 5.98. The van der Waals surface area contributed by atoms with Crippen LogP contribution in [0.25, 0.3) is 0 Å². The Morgan fingerprint density at radius 1 is 1.22 bits per heavy atom. The first-order chi connectivity index (χ1) is 8.63. The molecule has 2 fully saturated rings. The second-order valence-electron chi connectivity index (χ2n) is 6.93. The average molecular weight is 253 g/mol. The lowest BCUT2D eigenvalue weighted by Gasteiger charge is -2.52. The van der Waals surface area contributed by atoms with Gasteiger partial charge in [-0.2, -0.15) is 0 Å². The lowest BCUT2D eigenvalue weighted by molar-refractivity contribution is -0.106. The van der Waals surface area contributed by atoms with Gasteiger partial charge in [0.15, 0.2) is 0 Å². The van der Waals surface area contributed by atoms with E-state index >= 15 is 0 Å². The maximum Gasteiger partial charge on any atom is 0.0585 e. The monoisotopic (exact) mass is 253 g/mol. The second-order valence-corrected chi connectivity index (χ2v) is 6.93. The molecule has 106 valence electrons. The minimum absolute atomic E-state index is 0.585. The fraction of sp³-hybridized carbons (Fsp3) is 1.00. The van der Waals surface area contributed by atoms with E-state index in [0.29, 0.717) is 11.5 Å². The average Bonchev–Trinajstić information content (AvgIpc) is 2.29. The van der Waals surface area contributed by atoms with Crippen molar-refractivity contribution in [1.29, 1.82) is 0 Å². The molecule has 2 rings (SSSR count). The topological polar surface area (TPSA) is 12.5 Å². The first kappa shape index (κ1) is 14.3. The normalized spacial score (nSPS) is 24.7. The Morgan fingerprint density at radius 3 is 2.44 bits per heavy atom. The zero-order valence-electron chi connectivity index (χ0n) is 12.6. The summed E-state index contributed by atoms with van der Waals surface area (Å²) in [5.41, 5.74) is 0.673. The van der Waals surface area contributed by atoms with Crippen molar-refractivity contribution in [3.63, 3.8) is 0 Å². The van der Waals surface area contributed by atoms with Crippen LogP contribution in [0.1, 0.15) is 59.3 Å². The Bertz CT molecular complexity index is 235. The molecule has 1 aliphatic heterocycles. The van der Waals surface area contributed by atoms with Gasteiger partial charge in [0, 0.05) is 6.61 Å². The quantitative estimate of drug-likeness (QED) is 0.715. The van der Waals surface area contributed by atoms with E-state index in [4.69, 9.17) is 4.74 Å². The summed E-state index contributed by atoms with van der Waals surface area (Å²) < 4.78 is 5.98. The molecule has 0 aromatic carbocycles. The van der Waals surface area contributed by atoms with Crippen molar-refractivity contribution in [3.8, 4) is 0 Å². The number of hydrogen-bond donors (Lipinski definition) is 0. The summed E-state index contributed by atoms with van der Waals surface area (Å²) in [4.78, 5) is 2.64. The van der Waals surface area contributed by atoms with Crippen LogP contribution in [0.5, 0.6) is 0 Å². The molecule has 2 heteroatoms. The predicted molar refractivity (Wildman–Crippen MR) is 76.8 cm³/mol. The van der Waals surface area contributed by atoms with Crippen molar-refractivity contribution in [2.24, 2.45) is 11.3 Å². The number of likely N-dealkylation sites (tertiary alicyclic amines) is 1. The predicted octanol–water partition coefficient (Wildman–Crippen LogP) is 3.70. The Kier molecular flexibility index (Phi) is 5.08. The molecule has 0 radical (unpaired) electrons. The maximum absolute atomic E-state index is 5.98. The number of nitrogens with zero attached hydrogens (tertiary/aromatic N) is 1. The van der Waals surface area contributed by atoms with Gasteiger partial charge in [-0.15, -0.1) is 0 Å². The van der Waals surface area contributed by atoms with E-state index in [1.807, 2.05) is 0 Å². The van der Waals surface area contributed by atoms with Crippen LogP contribution in [0.3, 0.4) is 0 Å². The fourth-order valence-electron chi connectivity index (χ4n) is 3.47. The highest BCUT2D eigenvalue weighted by Crippen LogP contribution is 2.50. The van der Waals surface area contributed by atoms with Gasteiger partial charge in [0.05, 0.1) is 6.10 Å². The minimum Gasteiger partial charge on any atom is -0.378 e. The Balaban J connectivity index is 1.60. The van der Waals surface area contributed by atoms with Crippen LogP contribution in [0.15, 0.2) is 0 Å². The van der Waals surface area contributed by atoms with Crippen LogP contribution in [-0.4, -0.2) is 37.2 Å². The van der Waals surface area contributed by atoms with Crippen LogP contribution >= 0.6 is 0 Å². The highest BCUT2D eigenvalue weighted by atomic mass is 16.5. The van der Waals surface area contributed by atoms with Gasteiger partial charge in [0.25, 0.3) is 0 Å². The summed E-state index contributed by atoms with van der Waals surface area (Å²) in [7, 11) is 0. The lowest BCUT2D eigenvalue weighted by atomic mass is 9.61. The van der Waals surface area contributed by atoms with Crippen molar-refractivity contribution in [2.75, 3.05) is 26.2 Å². The van der Waals surface area contributed by atoms with Crippen molar-refractivity contribution >= 4 is 0 Å². The molecule has 1 heterocycles. The van der Waals surface area contributed by atoms with Gasteiger partial charge in [0.2, 0.25) is 0 Å².